The van der Waals surface area contributed by atoms with Crippen LogP contribution in [0.3, 0.4) is 0 Å². The van der Waals surface area contributed by atoms with Gasteiger partial charge in [0.1, 0.15) is 60.0 Å². The molecular weight excluding hydrogens is 1950 g/mol. The summed E-state index contributed by atoms with van der Waals surface area (Å²) < 4.78 is 111. The van der Waals surface area contributed by atoms with Gasteiger partial charge in [-0.25, -0.2) is 27.8 Å². The molecule has 2 atom stereocenters. The van der Waals surface area contributed by atoms with Crippen LogP contribution >= 0.6 is 45.4 Å². The number of carboxylic acids is 1. The van der Waals surface area contributed by atoms with Gasteiger partial charge >= 0.3 is 5.97 Å². The van der Waals surface area contributed by atoms with Crippen molar-refractivity contribution < 1.29 is 96.3 Å². The molecule has 5 fully saturated rings. The van der Waals surface area contributed by atoms with Gasteiger partial charge in [-0.1, -0.05) is 42.5 Å². The summed E-state index contributed by atoms with van der Waals surface area (Å²) in [5, 5.41) is 8.62. The fraction of sp³-hybridized carbons (Fsp3) is 0.346. The van der Waals surface area contributed by atoms with Crippen LogP contribution < -0.4 is 52.4 Å². The Balaban J connectivity index is 0.000000202. The van der Waals surface area contributed by atoms with Crippen molar-refractivity contribution in [2.45, 2.75) is 111 Å². The molecule has 0 spiro atoms. The van der Waals surface area contributed by atoms with Crippen molar-refractivity contribution in [1.82, 2.24) is 38.6 Å². The molecular formula is C104H115Cl4F2N11O21S. The second-order valence-corrected chi connectivity index (χ2v) is 37.2. The van der Waals surface area contributed by atoms with Gasteiger partial charge in [0.2, 0.25) is 26.9 Å². The smallest absolute Gasteiger partial charge is 0.341 e. The van der Waals surface area contributed by atoms with Crippen LogP contribution in [-0.4, -0.2) is 195 Å². The number of pyridine rings is 8. The monoisotopic (exact) mass is 2060 g/mol. The molecule has 0 unspecified atom stereocenters. The zero-order valence-corrected chi connectivity index (χ0v) is 83.8. The minimum atomic E-state index is -1.67. The van der Waals surface area contributed by atoms with E-state index in [-0.39, 0.29) is 76.1 Å². The number of hydrogen-bond donors (Lipinski definition) is 4. The quantitative estimate of drug-likeness (QED) is 0.0222. The molecule has 5 aliphatic rings. The number of carbonyl (C=O) groups excluding carboxylic acids is 3. The van der Waals surface area contributed by atoms with Crippen molar-refractivity contribution >= 4 is 94.7 Å². The summed E-state index contributed by atoms with van der Waals surface area (Å²) in [7, 11) is 10.5. The Labute approximate surface area is 849 Å². The number of nitrogen functional groups attached to an aromatic ring is 3. The second kappa shape index (κ2) is 55.3. The third-order valence-corrected chi connectivity index (χ3v) is 23.6. The number of rotatable bonds is 26. The van der Waals surface area contributed by atoms with E-state index in [2.05, 4.69) is 46.3 Å². The summed E-state index contributed by atoms with van der Waals surface area (Å²) in [4.78, 5) is 107. The van der Waals surface area contributed by atoms with Crippen molar-refractivity contribution in [1.29, 1.82) is 0 Å². The van der Waals surface area contributed by atoms with Crippen molar-refractivity contribution in [2.24, 2.45) is 17.8 Å². The number of nitrogens with zero attached hydrogens (tertiary/aromatic N) is 8. The van der Waals surface area contributed by atoms with Gasteiger partial charge in [-0.3, -0.25) is 38.9 Å². The summed E-state index contributed by atoms with van der Waals surface area (Å²) >= 11 is 5.62. The number of carbonyl (C=O) groups is 4. The highest BCUT2D eigenvalue weighted by molar-refractivity contribution is 8.26. The van der Waals surface area contributed by atoms with Crippen molar-refractivity contribution in [3.63, 3.8) is 0 Å². The average molecular weight is 2070 g/mol. The van der Waals surface area contributed by atoms with E-state index in [1.165, 1.54) is 32.2 Å². The number of methoxy groups -OCH3 is 2. The molecule has 39 heteroatoms. The largest absolute Gasteiger partial charge is 0.493 e. The molecule has 0 saturated carbocycles. The molecule has 32 nitrogen and oxygen atoms in total. The Kier molecular flexibility index (Phi) is 42.9. The zero-order chi connectivity index (χ0) is 103. The fourth-order valence-corrected chi connectivity index (χ4v) is 16.1. The van der Waals surface area contributed by atoms with Crippen LogP contribution in [0.15, 0.2) is 204 Å². The number of anilines is 3. The Morgan fingerprint density at radius 2 is 0.832 bits per heavy atom. The molecule has 12 aromatic rings. The molecule has 5 aliphatic heterocycles. The van der Waals surface area contributed by atoms with Crippen molar-refractivity contribution in [3.05, 3.63) is 271 Å². The number of benzene rings is 4. The maximum atomic E-state index is 15.9. The van der Waals surface area contributed by atoms with E-state index in [9.17, 15) is 43.1 Å². The van der Waals surface area contributed by atoms with Gasteiger partial charge in [-0.2, -0.15) is 0 Å². The number of aryl methyl sites for hydroxylation is 3. The Morgan fingerprint density at radius 3 is 1.18 bits per heavy atom. The molecule has 143 heavy (non-hydrogen) atoms. The first kappa shape index (κ1) is 111. The van der Waals surface area contributed by atoms with E-state index in [0.717, 1.165) is 105 Å². The summed E-state index contributed by atoms with van der Waals surface area (Å²) in [6, 6.07) is 34.6. The van der Waals surface area contributed by atoms with E-state index in [1.54, 1.807) is 141 Å². The van der Waals surface area contributed by atoms with E-state index in [4.69, 9.17) is 92.0 Å². The highest BCUT2D eigenvalue weighted by Crippen LogP contribution is 2.40. The predicted octanol–water partition coefficient (Wildman–Crippen LogP) is 16.4. The minimum Gasteiger partial charge on any atom is -0.493 e. The standard InChI is InChI=1S/C42H43FN4O7.C23H24FN3O4.C18H19ClN2O3.C18H20N2O4.C3H6O.Cl2OS.ClH.H2O/c1-26-3-7-37(45-19-26)34-22-47(21-27-9-11-51-12-10-27)23-35(41(34)49)38(48)16-28-4-6-32(36(43)15-28)33-17-30(20-46-42(33)44)29-5-8-39(40(18-29)50-2)54-25-31-24-52-13-14-53-31;1-28-22-9-14(2-5-21(22)31-13-17-12-29-6-7-30-17)15-8-19(23(26)27-11-15)18-4-3-16(25)10-20(18)24;1-12-2-3-16(20-8-12)14-10-21(9-13-4-6-24-7-5-13)11-15(17(14)22)18(19)23;1-12-2-3-16(19-8-12)14-10-20(9-13-4-6-24-7-5-13)11-15(17(14)21)18(22)23;1-3(2)4;1-4(2)3;;/h3-8,15,17-20,22-23,27,31H,9-14,16,21,24-25H2,1-2H3,(H2,44,46);2-5,8-11,17H,6-7,12-13,25H2,1H3,(H2,26,27);2-3,8,10-11,13H,4-7,9H2,1H3;2-3,8,10-11,13H,4-7,9H2,1H3,(H,22,23);1-2H3;;1H;1H2/t31-;17-;;;;;;/m11....../s1/i/hD. The lowest BCUT2D eigenvalue weighted by Crippen LogP contribution is -2.33. The molecule has 17 rings (SSSR count). The Bertz CT molecular complexity index is 6390. The van der Waals surface area contributed by atoms with E-state index in [1.807, 2.05) is 78.4 Å². The van der Waals surface area contributed by atoms with Gasteiger partial charge in [0.05, 0.1) is 98.8 Å². The third-order valence-electron chi connectivity index (χ3n) is 23.4. The Morgan fingerprint density at radius 1 is 0.462 bits per heavy atom. The Hall–Kier alpha value is -12.6. The lowest BCUT2D eigenvalue weighted by molar-refractivity contribution is -0.115. The molecule has 0 radical (unpaired) electrons. The number of hydrogen-bond acceptors (Lipinski definition) is 27. The fourth-order valence-electron chi connectivity index (χ4n) is 16.0. The van der Waals surface area contributed by atoms with Crippen molar-refractivity contribution in [2.75, 3.05) is 124 Å². The molecule has 0 amide bonds. The number of ketones is 2. The third kappa shape index (κ3) is 32.7. The van der Waals surface area contributed by atoms with E-state index >= 15 is 4.39 Å². The maximum Gasteiger partial charge on any atom is 0.341 e. The lowest BCUT2D eigenvalue weighted by atomic mass is 9.96. The van der Waals surface area contributed by atoms with Crippen LogP contribution in [0.2, 0.25) is 0 Å². The van der Waals surface area contributed by atoms with Gasteiger partial charge in [0.25, 0.3) is 5.24 Å². The molecule has 8 aromatic heterocycles. The van der Waals surface area contributed by atoms with Crippen LogP contribution in [0, 0.1) is 50.2 Å². The summed E-state index contributed by atoms with van der Waals surface area (Å²) in [5.41, 5.74) is 33.5. The predicted molar refractivity (Wildman–Crippen MR) is 547 cm³/mol. The van der Waals surface area contributed by atoms with Gasteiger partial charge in [0.15, 0.2) is 28.8 Å². The summed E-state index contributed by atoms with van der Waals surface area (Å²) in [6.07, 6.45) is 23.3. The summed E-state index contributed by atoms with van der Waals surface area (Å²) in [5.74, 6) is 1.33. The number of aromatic nitrogens is 8. The van der Waals surface area contributed by atoms with Crippen molar-refractivity contribution in [3.8, 4) is 101 Å². The van der Waals surface area contributed by atoms with Crippen LogP contribution in [0.25, 0.3) is 78.3 Å². The topological polar surface area (TPSA) is 447 Å². The number of carboxylic acid groups (broad SMARTS) is 1. The average Bonchev–Trinajstić information content (AvgIpc) is 0.799. The molecule has 13 heterocycles. The summed E-state index contributed by atoms with van der Waals surface area (Å²) in [6.45, 7) is 19.1. The molecule has 4 aromatic carbocycles. The SMILES string of the molecule is CC(C)=O.COc1cc(-c2cnc(N)c(-c3ccc(CC(=O)c4cn(CC5CCOCC5)cc(-c5ccc(C)cn5)c4=O)cc3F)c2)ccc1OC[C@H]1COCCO1.COc1cc(-c2cnc(N)c(-c3ccc(N)cc3F)c2)ccc1OC[C@H]1COCCO1.Cc1ccc(-c2cn(CC3CCOCC3)cc(C(=O)Cl)c2=O)nc1.Cc1ccc(-c2cn(CC3CCOCC3)cc(C(=O)O)c2=O)nc1.Cl.O=S(Cl)Cl.[2H]O. The minimum absolute atomic E-state index is 0. The second-order valence-electron chi connectivity index (χ2n) is 34.3. The first-order valence-electron chi connectivity index (χ1n) is 46.1. The maximum absolute atomic E-state index is 15.9. The normalized spacial score (nSPS) is 15.3. The highest BCUT2D eigenvalue weighted by atomic mass is 36.0. The first-order valence-corrected chi connectivity index (χ1v) is 48.8. The van der Waals surface area contributed by atoms with E-state index < -0.39 is 48.7 Å². The highest BCUT2D eigenvalue weighted by Gasteiger charge is 2.28. The van der Waals surface area contributed by atoms with Gasteiger partial charge in [0, 0.05) is 194 Å². The van der Waals surface area contributed by atoms with Gasteiger partial charge in [-0.15, -0.1) is 12.4 Å². The van der Waals surface area contributed by atoms with E-state index in [0.29, 0.717) is 187 Å². The van der Waals surface area contributed by atoms with Crippen LogP contribution in [0.1, 0.15) is 107 Å². The zero-order valence-electron chi connectivity index (χ0n) is 80.9. The van der Waals surface area contributed by atoms with Crippen LogP contribution in [0.5, 0.6) is 23.0 Å². The molecule has 9 N–H and O–H groups in total. The number of halogens is 6. The van der Waals surface area contributed by atoms with Crippen LogP contribution in [-0.2, 0) is 73.2 Å². The number of aromatic carboxylic acids is 1. The molecule has 5 saturated heterocycles. The van der Waals surface area contributed by atoms with Gasteiger partial charge in [-0.05, 0) is 215 Å². The lowest BCUT2D eigenvalue weighted by Gasteiger charge is -2.23. The molecule has 0 aliphatic carbocycles. The van der Waals surface area contributed by atoms with Crippen LogP contribution in [0.4, 0.5) is 26.1 Å². The molecule has 0 bridgehead atoms. The molecule has 760 valence electrons. The number of Topliss-reactive ketones (excluding diaryl/α,β-unsaturated/α-hetero) is 2. The first-order chi connectivity index (χ1) is 68.8. The van der Waals surface area contributed by atoms with Gasteiger partial charge < -0.3 is 98.4 Å². The number of nitrogens with two attached hydrogens (primary N) is 3. The number of ether oxygens (including phenoxy) is 11.